The third kappa shape index (κ3) is 4.06. The number of carbonyl (C=O) groups is 1. The number of halogens is 1. The molecule has 1 heterocycles. The Labute approximate surface area is 126 Å². The Morgan fingerprint density at radius 2 is 2.25 bits per heavy atom. The summed E-state index contributed by atoms with van der Waals surface area (Å²) in [5, 5.41) is 9.92. The highest BCUT2D eigenvalue weighted by Crippen LogP contribution is 2.19. The first-order valence-corrected chi connectivity index (χ1v) is 7.55. The third-order valence-electron chi connectivity index (χ3n) is 2.90. The van der Waals surface area contributed by atoms with Crippen LogP contribution in [0.4, 0.5) is 5.69 Å². The first-order valence-electron chi connectivity index (χ1n) is 6.76. The van der Waals surface area contributed by atoms with Crippen molar-refractivity contribution in [1.82, 2.24) is 15.1 Å². The SMILES string of the molecule is CC(C)Cn1ncc(NCC(=O)NC2CC2)c(Br)c1=O. The van der Waals surface area contributed by atoms with Gasteiger partial charge in [-0.25, -0.2) is 4.68 Å². The van der Waals surface area contributed by atoms with Gasteiger partial charge in [-0.2, -0.15) is 5.10 Å². The van der Waals surface area contributed by atoms with E-state index in [0.29, 0.717) is 28.7 Å². The molecule has 6 nitrogen and oxygen atoms in total. The molecule has 1 aromatic rings. The summed E-state index contributed by atoms with van der Waals surface area (Å²) in [6.07, 6.45) is 3.68. The van der Waals surface area contributed by atoms with Crippen molar-refractivity contribution < 1.29 is 4.79 Å². The fourth-order valence-corrected chi connectivity index (χ4v) is 2.19. The van der Waals surface area contributed by atoms with Crippen molar-refractivity contribution in [3.63, 3.8) is 0 Å². The van der Waals surface area contributed by atoms with Crippen molar-refractivity contribution in [3.8, 4) is 0 Å². The van der Waals surface area contributed by atoms with Gasteiger partial charge in [-0.15, -0.1) is 0 Å². The minimum Gasteiger partial charge on any atom is -0.374 e. The van der Waals surface area contributed by atoms with Crippen molar-refractivity contribution in [2.45, 2.75) is 39.3 Å². The number of hydrogen-bond acceptors (Lipinski definition) is 4. The van der Waals surface area contributed by atoms with Crippen LogP contribution < -0.4 is 16.2 Å². The Balaban J connectivity index is 1.99. The first-order chi connectivity index (χ1) is 9.47. The molecule has 20 heavy (non-hydrogen) atoms. The van der Waals surface area contributed by atoms with E-state index in [1.807, 2.05) is 13.8 Å². The van der Waals surface area contributed by atoms with E-state index in [9.17, 15) is 9.59 Å². The highest BCUT2D eigenvalue weighted by atomic mass is 79.9. The van der Waals surface area contributed by atoms with Gasteiger partial charge in [0, 0.05) is 12.6 Å². The topological polar surface area (TPSA) is 76.0 Å². The quantitative estimate of drug-likeness (QED) is 0.818. The summed E-state index contributed by atoms with van der Waals surface area (Å²) in [6, 6.07) is 0.338. The molecule has 1 fully saturated rings. The molecule has 1 aromatic heterocycles. The second-order valence-corrected chi connectivity index (χ2v) is 6.24. The molecule has 0 unspecified atom stereocenters. The maximum Gasteiger partial charge on any atom is 0.283 e. The number of nitrogens with one attached hydrogen (secondary N) is 2. The lowest BCUT2D eigenvalue weighted by Gasteiger charge is -2.11. The smallest absolute Gasteiger partial charge is 0.283 e. The van der Waals surface area contributed by atoms with E-state index in [1.165, 1.54) is 4.68 Å². The lowest BCUT2D eigenvalue weighted by Crippen LogP contribution is -2.32. The zero-order chi connectivity index (χ0) is 14.7. The summed E-state index contributed by atoms with van der Waals surface area (Å²) in [5.74, 6) is 0.279. The molecule has 1 aliphatic carbocycles. The maximum atomic E-state index is 12.1. The molecule has 0 radical (unpaired) electrons. The van der Waals surface area contributed by atoms with Gasteiger partial charge in [0.2, 0.25) is 5.91 Å². The van der Waals surface area contributed by atoms with Crippen LogP contribution in [0.1, 0.15) is 26.7 Å². The molecule has 1 aliphatic rings. The summed E-state index contributed by atoms with van der Waals surface area (Å²) < 4.78 is 1.83. The normalized spacial score (nSPS) is 14.4. The third-order valence-corrected chi connectivity index (χ3v) is 3.67. The molecule has 2 rings (SSSR count). The monoisotopic (exact) mass is 342 g/mol. The standard InChI is InChI=1S/C13H19BrN4O2/c1-8(2)7-18-13(20)12(14)10(5-16-18)15-6-11(19)17-9-3-4-9/h5,8-9,15H,3-4,6-7H2,1-2H3,(H,17,19). The number of anilines is 1. The molecule has 1 saturated carbocycles. The van der Waals surface area contributed by atoms with Crippen LogP contribution in [0.15, 0.2) is 15.5 Å². The van der Waals surface area contributed by atoms with Crippen molar-refractivity contribution in [1.29, 1.82) is 0 Å². The summed E-state index contributed by atoms with van der Waals surface area (Å²) in [7, 11) is 0. The maximum absolute atomic E-state index is 12.1. The number of aromatic nitrogens is 2. The van der Waals surface area contributed by atoms with E-state index in [0.717, 1.165) is 12.8 Å². The molecule has 0 aliphatic heterocycles. The van der Waals surface area contributed by atoms with Crippen molar-refractivity contribution in [2.24, 2.45) is 5.92 Å². The molecule has 0 atom stereocenters. The van der Waals surface area contributed by atoms with Crippen LogP contribution in [-0.2, 0) is 11.3 Å². The number of nitrogens with zero attached hydrogens (tertiary/aromatic N) is 2. The summed E-state index contributed by atoms with van der Waals surface area (Å²) >= 11 is 3.27. The fourth-order valence-electron chi connectivity index (χ4n) is 1.75. The lowest BCUT2D eigenvalue weighted by molar-refractivity contribution is -0.119. The molecule has 0 saturated heterocycles. The van der Waals surface area contributed by atoms with Crippen LogP contribution in [0.25, 0.3) is 0 Å². The summed E-state index contributed by atoms with van der Waals surface area (Å²) in [5.41, 5.74) is 0.354. The highest BCUT2D eigenvalue weighted by molar-refractivity contribution is 9.10. The number of rotatable bonds is 6. The molecule has 7 heteroatoms. The largest absolute Gasteiger partial charge is 0.374 e. The van der Waals surface area contributed by atoms with Crippen LogP contribution in [0.2, 0.25) is 0 Å². The van der Waals surface area contributed by atoms with Crippen molar-refractivity contribution in [3.05, 3.63) is 21.0 Å². The molecule has 0 bridgehead atoms. The van der Waals surface area contributed by atoms with E-state index >= 15 is 0 Å². The van der Waals surface area contributed by atoms with Gasteiger partial charge in [-0.1, -0.05) is 13.8 Å². The van der Waals surface area contributed by atoms with E-state index in [-0.39, 0.29) is 18.0 Å². The molecular weight excluding hydrogens is 324 g/mol. The van der Waals surface area contributed by atoms with Gasteiger partial charge in [-0.3, -0.25) is 9.59 Å². The van der Waals surface area contributed by atoms with Gasteiger partial charge >= 0.3 is 0 Å². The molecule has 0 spiro atoms. The molecule has 0 aromatic carbocycles. The van der Waals surface area contributed by atoms with Crippen LogP contribution in [0.3, 0.4) is 0 Å². The second-order valence-electron chi connectivity index (χ2n) is 5.45. The predicted molar refractivity (Wildman–Crippen MR) is 80.7 cm³/mol. The van der Waals surface area contributed by atoms with Gasteiger partial charge in [-0.05, 0) is 34.7 Å². The van der Waals surface area contributed by atoms with Gasteiger partial charge in [0.15, 0.2) is 0 Å². The Morgan fingerprint density at radius 1 is 1.55 bits per heavy atom. The number of amides is 1. The van der Waals surface area contributed by atoms with Gasteiger partial charge in [0.05, 0.1) is 18.4 Å². The molecular formula is C13H19BrN4O2. The van der Waals surface area contributed by atoms with E-state index in [1.54, 1.807) is 6.20 Å². The molecule has 110 valence electrons. The molecule has 2 N–H and O–H groups in total. The lowest BCUT2D eigenvalue weighted by atomic mass is 10.2. The predicted octanol–water partition coefficient (Wildman–Crippen LogP) is 1.35. The van der Waals surface area contributed by atoms with E-state index in [2.05, 4.69) is 31.7 Å². The van der Waals surface area contributed by atoms with Crippen LogP contribution in [0, 0.1) is 5.92 Å². The van der Waals surface area contributed by atoms with Gasteiger partial charge in [0.1, 0.15) is 4.47 Å². The highest BCUT2D eigenvalue weighted by Gasteiger charge is 2.23. The molecule has 1 amide bonds. The Hall–Kier alpha value is -1.37. The van der Waals surface area contributed by atoms with Gasteiger partial charge < -0.3 is 10.6 Å². The van der Waals surface area contributed by atoms with Crippen molar-refractivity contribution >= 4 is 27.5 Å². The van der Waals surface area contributed by atoms with Crippen molar-refractivity contribution in [2.75, 3.05) is 11.9 Å². The zero-order valence-corrected chi connectivity index (χ0v) is 13.2. The van der Waals surface area contributed by atoms with Crippen LogP contribution >= 0.6 is 15.9 Å². The minimum absolute atomic E-state index is 0.0641. The van der Waals surface area contributed by atoms with Crippen LogP contribution in [0.5, 0.6) is 0 Å². The van der Waals surface area contributed by atoms with E-state index < -0.39 is 0 Å². The van der Waals surface area contributed by atoms with Gasteiger partial charge in [0.25, 0.3) is 5.56 Å². The Bertz CT molecular complexity index is 552. The second kappa shape index (κ2) is 6.39. The average molecular weight is 343 g/mol. The summed E-state index contributed by atoms with van der Waals surface area (Å²) in [6.45, 7) is 4.76. The first kappa shape index (κ1) is 15.0. The minimum atomic E-state index is -0.189. The number of carbonyl (C=O) groups excluding carboxylic acids is 1. The Kier molecular flexibility index (Phi) is 4.80. The fraction of sp³-hybridized carbons (Fsp3) is 0.615. The number of hydrogen-bond donors (Lipinski definition) is 2. The van der Waals surface area contributed by atoms with Crippen LogP contribution in [-0.4, -0.2) is 28.3 Å². The Morgan fingerprint density at radius 3 is 2.85 bits per heavy atom. The average Bonchev–Trinajstić information content (AvgIpc) is 3.17. The van der Waals surface area contributed by atoms with E-state index in [4.69, 9.17) is 0 Å². The summed E-state index contributed by atoms with van der Waals surface area (Å²) in [4.78, 5) is 23.7. The zero-order valence-electron chi connectivity index (χ0n) is 11.6.